The van der Waals surface area contributed by atoms with E-state index in [1.165, 1.54) is 15.3 Å². The molecule has 2 heterocycles. The quantitative estimate of drug-likeness (QED) is 0.661. The zero-order chi connectivity index (χ0) is 22.1. The molecule has 1 saturated heterocycles. The molecule has 0 radical (unpaired) electrons. The van der Waals surface area contributed by atoms with Gasteiger partial charge in [-0.05, 0) is 25.0 Å². The predicted octanol–water partition coefficient (Wildman–Crippen LogP) is 0.0791. The van der Waals surface area contributed by atoms with Gasteiger partial charge in [-0.2, -0.15) is 4.31 Å². The summed E-state index contributed by atoms with van der Waals surface area (Å²) in [6.45, 7) is 1.18. The predicted molar refractivity (Wildman–Crippen MR) is 112 cm³/mol. The van der Waals surface area contributed by atoms with Gasteiger partial charge in [-0.25, -0.2) is 8.42 Å². The number of benzene rings is 1. The Balaban J connectivity index is 1.95. The number of rotatable bonds is 4. The third kappa shape index (κ3) is 4.60. The number of likely N-dealkylation sites (N-methyl/N-ethyl adjacent to an activating group) is 2. The van der Waals surface area contributed by atoms with Crippen molar-refractivity contribution in [2.24, 2.45) is 0 Å². The maximum Gasteiger partial charge on any atom is 0.247 e. The van der Waals surface area contributed by atoms with Gasteiger partial charge in [0, 0.05) is 41.3 Å². The van der Waals surface area contributed by atoms with Crippen LogP contribution in [0.15, 0.2) is 29.2 Å². The Kier molecular flexibility index (Phi) is 6.68. The molecule has 2 aliphatic heterocycles. The van der Waals surface area contributed by atoms with Crippen LogP contribution in [0.2, 0.25) is 0 Å². The average Bonchev–Trinajstić information content (AvgIpc) is 2.92. The Morgan fingerprint density at radius 1 is 1.00 bits per heavy atom. The minimum atomic E-state index is -3.92. The number of hydrogen-bond donors (Lipinski definition) is 0. The molecule has 1 fully saturated rings. The van der Waals surface area contributed by atoms with E-state index in [0.29, 0.717) is 31.7 Å². The molecule has 1 aromatic rings. The molecule has 0 bridgehead atoms. The standard InChI is InChI=1S/C20H30N4O5S/c1-21(2)19(25)13-23-11-9-15-16(10-12-23)29-17-7-5-6-8-18(17)30(27,28)24(15)14-20(26)22(3)4/h5-8,15-16H,9-14H2,1-4H3/t15-,16-/m0/s1. The van der Waals surface area contributed by atoms with Crippen LogP contribution in [0.25, 0.3) is 0 Å². The Morgan fingerprint density at radius 2 is 1.60 bits per heavy atom. The maximum absolute atomic E-state index is 13.5. The number of fused-ring (bicyclic) bond motifs is 2. The number of ether oxygens (including phenoxy) is 1. The molecule has 3 rings (SSSR count). The van der Waals surface area contributed by atoms with Gasteiger partial charge < -0.3 is 14.5 Å². The van der Waals surface area contributed by atoms with Crippen LogP contribution in [-0.4, -0.2) is 106 Å². The third-order valence-electron chi connectivity index (χ3n) is 5.63. The lowest BCUT2D eigenvalue weighted by atomic mass is 10.1. The second-order valence-corrected chi connectivity index (χ2v) is 10.0. The summed E-state index contributed by atoms with van der Waals surface area (Å²) in [6, 6.07) is 6.07. The molecule has 0 unspecified atom stereocenters. The van der Waals surface area contributed by atoms with Crippen molar-refractivity contribution < 1.29 is 22.7 Å². The van der Waals surface area contributed by atoms with Crippen molar-refractivity contribution in [1.82, 2.24) is 19.0 Å². The van der Waals surface area contributed by atoms with Crippen molar-refractivity contribution in [2.75, 3.05) is 54.4 Å². The van der Waals surface area contributed by atoms with E-state index in [4.69, 9.17) is 4.74 Å². The molecule has 9 nitrogen and oxygen atoms in total. The fourth-order valence-corrected chi connectivity index (χ4v) is 5.53. The molecule has 0 aliphatic carbocycles. The molecule has 1 aromatic carbocycles. The first-order valence-electron chi connectivity index (χ1n) is 10.0. The highest BCUT2D eigenvalue weighted by atomic mass is 32.2. The van der Waals surface area contributed by atoms with Gasteiger partial charge in [0.1, 0.15) is 16.7 Å². The summed E-state index contributed by atoms with van der Waals surface area (Å²) in [5.41, 5.74) is 0. The normalized spacial score (nSPS) is 23.9. The fraction of sp³-hybridized carbons (Fsp3) is 0.600. The lowest BCUT2D eigenvalue weighted by Gasteiger charge is -2.32. The Labute approximate surface area is 178 Å². The van der Waals surface area contributed by atoms with Crippen molar-refractivity contribution in [2.45, 2.75) is 29.9 Å². The van der Waals surface area contributed by atoms with Gasteiger partial charge in [0.15, 0.2) is 0 Å². The highest BCUT2D eigenvalue weighted by Crippen LogP contribution is 2.36. The van der Waals surface area contributed by atoms with Crippen molar-refractivity contribution >= 4 is 21.8 Å². The molecule has 2 atom stereocenters. The van der Waals surface area contributed by atoms with E-state index >= 15 is 0 Å². The van der Waals surface area contributed by atoms with Gasteiger partial charge in [0.25, 0.3) is 0 Å². The summed E-state index contributed by atoms with van der Waals surface area (Å²) in [6.07, 6.45) is 0.624. The summed E-state index contributed by atoms with van der Waals surface area (Å²) in [5.74, 6) is 0.0151. The second kappa shape index (κ2) is 8.91. The SMILES string of the molecule is CN(C)C(=O)CN1CC[C@@H]2Oc3ccccc3S(=O)(=O)N(CC(=O)N(C)C)[C@H]2CC1. The van der Waals surface area contributed by atoms with E-state index < -0.39 is 22.2 Å². The molecule has 30 heavy (non-hydrogen) atoms. The van der Waals surface area contributed by atoms with Crippen molar-refractivity contribution in [1.29, 1.82) is 0 Å². The minimum Gasteiger partial charge on any atom is -0.487 e. The van der Waals surface area contributed by atoms with Gasteiger partial charge in [-0.1, -0.05) is 12.1 Å². The Morgan fingerprint density at radius 3 is 2.27 bits per heavy atom. The van der Waals surface area contributed by atoms with Gasteiger partial charge in [0.2, 0.25) is 21.8 Å². The van der Waals surface area contributed by atoms with E-state index in [1.807, 2.05) is 4.90 Å². The van der Waals surface area contributed by atoms with E-state index in [0.717, 1.165) is 0 Å². The van der Waals surface area contributed by atoms with Crippen LogP contribution in [0.1, 0.15) is 12.8 Å². The van der Waals surface area contributed by atoms with E-state index in [1.54, 1.807) is 51.3 Å². The number of sulfonamides is 1. The number of carbonyl (C=O) groups is 2. The number of carbonyl (C=O) groups excluding carboxylic acids is 2. The maximum atomic E-state index is 13.5. The molecule has 0 saturated carbocycles. The monoisotopic (exact) mass is 438 g/mol. The van der Waals surface area contributed by atoms with Crippen LogP contribution in [0.5, 0.6) is 5.75 Å². The van der Waals surface area contributed by atoms with Gasteiger partial charge in [-0.15, -0.1) is 0 Å². The Bertz CT molecular complexity index is 902. The molecule has 0 N–H and O–H groups in total. The van der Waals surface area contributed by atoms with Crippen LogP contribution < -0.4 is 4.74 Å². The number of hydrogen-bond acceptors (Lipinski definition) is 6. The fourth-order valence-electron chi connectivity index (χ4n) is 3.78. The summed E-state index contributed by atoms with van der Waals surface area (Å²) in [4.78, 5) is 29.7. The number of amides is 2. The first-order valence-corrected chi connectivity index (χ1v) is 11.5. The lowest BCUT2D eigenvalue weighted by molar-refractivity contribution is -0.130. The number of likely N-dealkylation sites (tertiary alicyclic amines) is 1. The van der Waals surface area contributed by atoms with Crippen LogP contribution in [0.3, 0.4) is 0 Å². The van der Waals surface area contributed by atoms with Crippen LogP contribution in [0.4, 0.5) is 0 Å². The molecular formula is C20H30N4O5S. The van der Waals surface area contributed by atoms with Crippen LogP contribution in [-0.2, 0) is 19.6 Å². The average molecular weight is 439 g/mol. The van der Waals surface area contributed by atoms with Gasteiger partial charge >= 0.3 is 0 Å². The molecule has 10 heteroatoms. The molecule has 0 spiro atoms. The molecule has 166 valence electrons. The smallest absolute Gasteiger partial charge is 0.247 e. The molecule has 2 amide bonds. The first kappa shape index (κ1) is 22.5. The first-order chi connectivity index (χ1) is 14.1. The van der Waals surface area contributed by atoms with Crippen molar-refractivity contribution in [3.63, 3.8) is 0 Å². The van der Waals surface area contributed by atoms with Crippen LogP contribution >= 0.6 is 0 Å². The summed E-state index contributed by atoms with van der Waals surface area (Å²) >= 11 is 0. The molecule has 2 aliphatic rings. The summed E-state index contributed by atoms with van der Waals surface area (Å²) in [5, 5.41) is 0. The van der Waals surface area contributed by atoms with Gasteiger partial charge in [0.05, 0.1) is 19.1 Å². The van der Waals surface area contributed by atoms with Crippen molar-refractivity contribution in [3.8, 4) is 5.75 Å². The highest BCUT2D eigenvalue weighted by Gasteiger charge is 2.44. The van der Waals surface area contributed by atoms with E-state index in [-0.39, 0.29) is 29.8 Å². The summed E-state index contributed by atoms with van der Waals surface area (Å²) in [7, 11) is 2.72. The molecular weight excluding hydrogens is 408 g/mol. The van der Waals surface area contributed by atoms with Crippen molar-refractivity contribution in [3.05, 3.63) is 24.3 Å². The zero-order valence-electron chi connectivity index (χ0n) is 17.9. The topological polar surface area (TPSA) is 90.5 Å². The largest absolute Gasteiger partial charge is 0.487 e. The van der Waals surface area contributed by atoms with E-state index in [9.17, 15) is 18.0 Å². The number of para-hydroxylation sites is 1. The van der Waals surface area contributed by atoms with E-state index in [2.05, 4.69) is 0 Å². The van der Waals surface area contributed by atoms with Crippen LogP contribution in [0, 0.1) is 0 Å². The lowest BCUT2D eigenvalue weighted by Crippen LogP contribution is -2.50. The third-order valence-corrected chi connectivity index (χ3v) is 7.54. The molecule has 0 aromatic heterocycles. The second-order valence-electron chi connectivity index (χ2n) is 8.15. The minimum absolute atomic E-state index is 0.00405. The Hall–Kier alpha value is -2.17. The zero-order valence-corrected chi connectivity index (χ0v) is 18.8. The van der Waals surface area contributed by atoms with Gasteiger partial charge in [-0.3, -0.25) is 14.5 Å². The highest BCUT2D eigenvalue weighted by molar-refractivity contribution is 7.89. The summed E-state index contributed by atoms with van der Waals surface area (Å²) < 4.78 is 34.5. The number of nitrogens with zero attached hydrogens (tertiary/aromatic N) is 4.